The van der Waals surface area contributed by atoms with Crippen molar-refractivity contribution < 1.29 is 24.2 Å². The topological polar surface area (TPSA) is 72.8 Å². The van der Waals surface area contributed by atoms with Crippen LogP contribution >= 0.6 is 0 Å². The molecular formula is C13H16O5. The third-order valence-electron chi connectivity index (χ3n) is 2.52. The van der Waals surface area contributed by atoms with Gasteiger partial charge in [0, 0.05) is 6.61 Å². The summed E-state index contributed by atoms with van der Waals surface area (Å²) in [4.78, 5) is 23.1. The first-order valence-corrected chi connectivity index (χ1v) is 5.54. The molecule has 0 bridgehead atoms. The van der Waals surface area contributed by atoms with E-state index in [0.29, 0.717) is 12.8 Å². The number of aliphatic hydroxyl groups is 1. The second-order valence-corrected chi connectivity index (χ2v) is 3.69. The molecule has 1 N–H and O–H groups in total. The monoisotopic (exact) mass is 252 g/mol. The zero-order chi connectivity index (χ0) is 13.5. The van der Waals surface area contributed by atoms with Gasteiger partial charge in [-0.05, 0) is 30.5 Å². The summed E-state index contributed by atoms with van der Waals surface area (Å²) in [6.45, 7) is 0.0757. The van der Waals surface area contributed by atoms with Gasteiger partial charge < -0.3 is 14.6 Å². The van der Waals surface area contributed by atoms with Gasteiger partial charge in [0.1, 0.15) is 0 Å². The molecule has 0 unspecified atom stereocenters. The van der Waals surface area contributed by atoms with E-state index in [9.17, 15) is 9.59 Å². The van der Waals surface area contributed by atoms with Gasteiger partial charge >= 0.3 is 11.9 Å². The van der Waals surface area contributed by atoms with Gasteiger partial charge in [-0.1, -0.05) is 6.07 Å². The van der Waals surface area contributed by atoms with Crippen LogP contribution < -0.4 is 0 Å². The number of ether oxygens (including phenoxy) is 2. The molecule has 0 radical (unpaired) electrons. The van der Waals surface area contributed by atoms with Crippen molar-refractivity contribution in [1.29, 1.82) is 0 Å². The van der Waals surface area contributed by atoms with E-state index in [1.807, 2.05) is 0 Å². The molecule has 1 rings (SSSR count). The first-order valence-electron chi connectivity index (χ1n) is 5.54. The summed E-state index contributed by atoms with van der Waals surface area (Å²) in [5.41, 5.74) is 1.22. The maximum Gasteiger partial charge on any atom is 0.338 e. The number of esters is 2. The number of carbonyl (C=O) groups is 2. The highest BCUT2D eigenvalue weighted by Crippen LogP contribution is 2.16. The third-order valence-corrected chi connectivity index (χ3v) is 2.52. The Hall–Kier alpha value is -1.88. The van der Waals surface area contributed by atoms with Gasteiger partial charge in [0.25, 0.3) is 0 Å². The van der Waals surface area contributed by atoms with Gasteiger partial charge in [0.15, 0.2) is 0 Å². The second-order valence-electron chi connectivity index (χ2n) is 3.69. The van der Waals surface area contributed by atoms with Crippen LogP contribution in [0.4, 0.5) is 0 Å². The minimum atomic E-state index is -0.582. The fraction of sp³-hybridized carbons (Fsp3) is 0.385. The number of aliphatic hydroxyl groups excluding tert-OH is 1. The molecule has 98 valence electrons. The smallest absolute Gasteiger partial charge is 0.338 e. The Morgan fingerprint density at radius 1 is 1.11 bits per heavy atom. The molecule has 18 heavy (non-hydrogen) atoms. The summed E-state index contributed by atoms with van der Waals surface area (Å²) in [5, 5.41) is 8.77. The molecule has 0 spiro atoms. The lowest BCUT2D eigenvalue weighted by molar-refractivity contribution is 0.0555. The average molecular weight is 252 g/mol. The summed E-state index contributed by atoms with van der Waals surface area (Å²) in [7, 11) is 2.51. The van der Waals surface area contributed by atoms with Gasteiger partial charge in [-0.25, -0.2) is 9.59 Å². The van der Waals surface area contributed by atoms with Gasteiger partial charge in [-0.2, -0.15) is 0 Å². The number of hydrogen-bond acceptors (Lipinski definition) is 5. The van der Waals surface area contributed by atoms with E-state index in [4.69, 9.17) is 5.11 Å². The van der Waals surface area contributed by atoms with E-state index < -0.39 is 11.9 Å². The summed E-state index contributed by atoms with van der Waals surface area (Å²) in [6, 6.07) is 4.85. The summed E-state index contributed by atoms with van der Waals surface area (Å²) >= 11 is 0. The van der Waals surface area contributed by atoms with Crippen molar-refractivity contribution in [2.24, 2.45) is 0 Å². The molecule has 5 heteroatoms. The minimum absolute atomic E-state index is 0.0757. The summed E-state index contributed by atoms with van der Waals surface area (Å²) < 4.78 is 9.24. The van der Waals surface area contributed by atoms with E-state index in [1.54, 1.807) is 12.1 Å². The highest BCUT2D eigenvalue weighted by atomic mass is 16.5. The molecule has 0 aromatic heterocycles. The first-order chi connectivity index (χ1) is 8.63. The van der Waals surface area contributed by atoms with E-state index in [1.165, 1.54) is 20.3 Å². The second kappa shape index (κ2) is 6.76. The number of hydrogen-bond donors (Lipinski definition) is 1. The zero-order valence-electron chi connectivity index (χ0n) is 10.4. The Bertz CT molecular complexity index is 439. The lowest BCUT2D eigenvalue weighted by Gasteiger charge is -2.08. The van der Waals surface area contributed by atoms with Crippen molar-refractivity contribution >= 4 is 11.9 Å². The number of methoxy groups -OCH3 is 2. The molecule has 0 aliphatic carbocycles. The molecule has 0 aliphatic rings. The fourth-order valence-electron chi connectivity index (χ4n) is 1.60. The largest absolute Gasteiger partial charge is 0.465 e. The molecule has 1 aromatic rings. The number of benzene rings is 1. The highest BCUT2D eigenvalue weighted by molar-refractivity contribution is 6.03. The standard InChI is InChI=1S/C13H16O5/c1-17-12(15)10-6-5-9(4-3-7-14)8-11(10)13(16)18-2/h5-6,8,14H,3-4,7H2,1-2H3. The van der Waals surface area contributed by atoms with E-state index in [2.05, 4.69) is 9.47 Å². The average Bonchev–Trinajstić information content (AvgIpc) is 2.43. The Labute approximate surface area is 105 Å². The van der Waals surface area contributed by atoms with Gasteiger partial charge in [-0.15, -0.1) is 0 Å². The van der Waals surface area contributed by atoms with Gasteiger partial charge in [0.2, 0.25) is 0 Å². The number of carbonyl (C=O) groups excluding carboxylic acids is 2. The third kappa shape index (κ3) is 3.30. The molecule has 0 fully saturated rings. The first kappa shape index (κ1) is 14.2. The van der Waals surface area contributed by atoms with Crippen LogP contribution in [0.1, 0.15) is 32.7 Å². The van der Waals surface area contributed by atoms with Crippen LogP contribution in [0.3, 0.4) is 0 Å². The van der Waals surface area contributed by atoms with Crippen molar-refractivity contribution in [2.45, 2.75) is 12.8 Å². The quantitative estimate of drug-likeness (QED) is 0.797. The highest BCUT2D eigenvalue weighted by Gasteiger charge is 2.18. The molecule has 5 nitrogen and oxygen atoms in total. The molecular weight excluding hydrogens is 236 g/mol. The van der Waals surface area contributed by atoms with E-state index >= 15 is 0 Å². The number of rotatable bonds is 5. The molecule has 0 aliphatic heterocycles. The molecule has 0 saturated carbocycles. The summed E-state index contributed by atoms with van der Waals surface area (Å²) in [5.74, 6) is -1.16. The molecule has 0 saturated heterocycles. The van der Waals surface area contributed by atoms with Crippen molar-refractivity contribution in [3.63, 3.8) is 0 Å². The van der Waals surface area contributed by atoms with Crippen LogP contribution in [-0.4, -0.2) is 37.9 Å². The lowest BCUT2D eigenvalue weighted by Crippen LogP contribution is -2.12. The number of aryl methyl sites for hydroxylation is 1. The van der Waals surface area contributed by atoms with E-state index in [-0.39, 0.29) is 17.7 Å². The molecule has 1 aromatic carbocycles. The molecule has 0 atom stereocenters. The predicted molar refractivity (Wildman–Crippen MR) is 64.5 cm³/mol. The summed E-state index contributed by atoms with van der Waals surface area (Å²) in [6.07, 6.45) is 1.22. The van der Waals surface area contributed by atoms with Crippen LogP contribution in [0, 0.1) is 0 Å². The van der Waals surface area contributed by atoms with Crippen molar-refractivity contribution in [1.82, 2.24) is 0 Å². The van der Waals surface area contributed by atoms with Crippen LogP contribution in [-0.2, 0) is 15.9 Å². The van der Waals surface area contributed by atoms with Gasteiger partial charge in [0.05, 0.1) is 25.3 Å². The Kier molecular flexibility index (Phi) is 5.32. The Balaban J connectivity index is 3.12. The zero-order valence-corrected chi connectivity index (χ0v) is 10.4. The maximum absolute atomic E-state index is 11.6. The Morgan fingerprint density at radius 2 is 1.72 bits per heavy atom. The molecule has 0 amide bonds. The Morgan fingerprint density at radius 3 is 2.28 bits per heavy atom. The van der Waals surface area contributed by atoms with Crippen LogP contribution in [0.2, 0.25) is 0 Å². The van der Waals surface area contributed by atoms with Gasteiger partial charge in [-0.3, -0.25) is 0 Å². The van der Waals surface area contributed by atoms with Crippen molar-refractivity contribution in [3.05, 3.63) is 34.9 Å². The normalized spacial score (nSPS) is 9.94. The van der Waals surface area contributed by atoms with Crippen molar-refractivity contribution in [2.75, 3.05) is 20.8 Å². The van der Waals surface area contributed by atoms with Crippen molar-refractivity contribution in [3.8, 4) is 0 Å². The van der Waals surface area contributed by atoms with E-state index in [0.717, 1.165) is 5.56 Å². The van der Waals surface area contributed by atoms with Crippen LogP contribution in [0.25, 0.3) is 0 Å². The lowest BCUT2D eigenvalue weighted by atomic mass is 10.0. The van der Waals surface area contributed by atoms with Crippen LogP contribution in [0.15, 0.2) is 18.2 Å². The SMILES string of the molecule is COC(=O)c1ccc(CCCO)cc1C(=O)OC. The predicted octanol–water partition coefficient (Wildman–Crippen LogP) is 1.18. The van der Waals surface area contributed by atoms with Crippen LogP contribution in [0.5, 0.6) is 0 Å². The fourth-order valence-corrected chi connectivity index (χ4v) is 1.60. The minimum Gasteiger partial charge on any atom is -0.465 e. The molecule has 0 heterocycles. The maximum atomic E-state index is 11.6.